The summed E-state index contributed by atoms with van der Waals surface area (Å²) in [5.74, 6) is 0.594. The zero-order chi connectivity index (χ0) is 19.3. The minimum Gasteiger partial charge on any atom is -0.336 e. The van der Waals surface area contributed by atoms with Crippen molar-refractivity contribution in [2.45, 2.75) is 36.8 Å². The van der Waals surface area contributed by atoms with Crippen LogP contribution in [0.15, 0.2) is 61.2 Å². The van der Waals surface area contributed by atoms with E-state index in [4.69, 9.17) is 23.2 Å². The highest BCUT2D eigenvalue weighted by molar-refractivity contribution is 7.99. The van der Waals surface area contributed by atoms with Crippen molar-refractivity contribution in [1.82, 2.24) is 9.55 Å². The molecule has 1 atom stereocenters. The average Bonchev–Trinajstić information content (AvgIpc) is 3.13. The number of rotatable bonds is 8. The summed E-state index contributed by atoms with van der Waals surface area (Å²) >= 11 is 14.2. The number of aromatic nitrogens is 2. The van der Waals surface area contributed by atoms with Crippen LogP contribution in [0.4, 0.5) is 4.39 Å². The van der Waals surface area contributed by atoms with Gasteiger partial charge in [-0.15, -0.1) is 11.8 Å². The van der Waals surface area contributed by atoms with Crippen LogP contribution in [0, 0.1) is 5.82 Å². The third-order valence-electron chi connectivity index (χ3n) is 4.52. The van der Waals surface area contributed by atoms with Gasteiger partial charge in [-0.2, -0.15) is 0 Å². The molecule has 0 saturated heterocycles. The van der Waals surface area contributed by atoms with Crippen LogP contribution in [-0.4, -0.2) is 14.3 Å². The van der Waals surface area contributed by atoms with Gasteiger partial charge in [-0.3, -0.25) is 0 Å². The monoisotopic (exact) mass is 422 g/mol. The minimum atomic E-state index is -0.202. The fourth-order valence-corrected chi connectivity index (χ4v) is 4.71. The van der Waals surface area contributed by atoms with E-state index in [1.165, 1.54) is 12.1 Å². The SMILES string of the molecule is CC(CCc1ccc(F)cc1)(Cn1ccnc1)SCc1ccc(Cl)cc1Cl. The summed E-state index contributed by atoms with van der Waals surface area (Å²) < 4.78 is 15.2. The van der Waals surface area contributed by atoms with E-state index in [0.29, 0.717) is 10.0 Å². The molecule has 0 radical (unpaired) electrons. The second kappa shape index (κ2) is 9.13. The average molecular weight is 423 g/mol. The van der Waals surface area contributed by atoms with Crippen LogP contribution in [0.5, 0.6) is 0 Å². The molecule has 0 aliphatic rings. The Morgan fingerprint density at radius 1 is 1.15 bits per heavy atom. The molecular weight excluding hydrogens is 402 g/mol. The van der Waals surface area contributed by atoms with Gasteiger partial charge in [0, 0.05) is 39.5 Å². The van der Waals surface area contributed by atoms with Gasteiger partial charge in [0.2, 0.25) is 0 Å². The number of halogens is 3. The smallest absolute Gasteiger partial charge is 0.123 e. The highest BCUT2D eigenvalue weighted by Gasteiger charge is 2.26. The van der Waals surface area contributed by atoms with Gasteiger partial charge in [0.15, 0.2) is 0 Å². The predicted molar refractivity (Wildman–Crippen MR) is 113 cm³/mol. The van der Waals surface area contributed by atoms with E-state index in [9.17, 15) is 4.39 Å². The summed E-state index contributed by atoms with van der Waals surface area (Å²) in [6.07, 6.45) is 7.44. The maximum atomic E-state index is 13.2. The third kappa shape index (κ3) is 6.00. The molecule has 1 unspecified atom stereocenters. The zero-order valence-electron chi connectivity index (χ0n) is 15.0. The molecule has 0 aliphatic heterocycles. The van der Waals surface area contributed by atoms with Crippen molar-refractivity contribution in [3.05, 3.63) is 88.2 Å². The molecule has 6 heteroatoms. The van der Waals surface area contributed by atoms with E-state index in [1.54, 1.807) is 12.3 Å². The highest BCUT2D eigenvalue weighted by atomic mass is 35.5. The largest absolute Gasteiger partial charge is 0.336 e. The topological polar surface area (TPSA) is 17.8 Å². The lowest BCUT2D eigenvalue weighted by molar-refractivity contribution is 0.495. The fourth-order valence-electron chi connectivity index (χ4n) is 2.91. The highest BCUT2D eigenvalue weighted by Crippen LogP contribution is 2.36. The second-order valence-corrected chi connectivity index (χ2v) is 9.24. The van der Waals surface area contributed by atoms with Crippen LogP contribution in [0.25, 0.3) is 0 Å². The molecule has 0 saturated carbocycles. The van der Waals surface area contributed by atoms with E-state index < -0.39 is 0 Å². The van der Waals surface area contributed by atoms with Gasteiger partial charge in [0.1, 0.15) is 5.82 Å². The maximum absolute atomic E-state index is 13.2. The zero-order valence-corrected chi connectivity index (χ0v) is 17.4. The second-order valence-electron chi connectivity index (χ2n) is 6.84. The summed E-state index contributed by atoms with van der Waals surface area (Å²) in [4.78, 5) is 4.15. The Bertz CT molecular complexity index is 868. The molecule has 27 heavy (non-hydrogen) atoms. The van der Waals surface area contributed by atoms with Crippen LogP contribution in [0.3, 0.4) is 0 Å². The molecule has 0 fully saturated rings. The number of thioether (sulfide) groups is 1. The molecular formula is C21H21Cl2FN2S. The van der Waals surface area contributed by atoms with Crippen LogP contribution >= 0.6 is 35.0 Å². The van der Waals surface area contributed by atoms with Gasteiger partial charge in [0.05, 0.1) is 6.33 Å². The summed E-state index contributed by atoms with van der Waals surface area (Å²) in [6, 6.07) is 12.4. The van der Waals surface area contributed by atoms with Gasteiger partial charge in [-0.1, -0.05) is 41.4 Å². The van der Waals surface area contributed by atoms with Crippen LogP contribution < -0.4 is 0 Å². The number of nitrogens with zero attached hydrogens (tertiary/aromatic N) is 2. The first-order valence-corrected chi connectivity index (χ1v) is 10.5. The van der Waals surface area contributed by atoms with Crippen LogP contribution in [-0.2, 0) is 18.7 Å². The Morgan fingerprint density at radius 3 is 2.59 bits per heavy atom. The number of imidazole rings is 1. The molecule has 0 bridgehead atoms. The van der Waals surface area contributed by atoms with Crippen molar-refractivity contribution in [2.75, 3.05) is 0 Å². The standard InChI is InChI=1S/C21H21Cl2FN2S/c1-21(14-26-11-10-25-15-26,9-8-16-2-6-19(24)7-3-16)27-13-17-4-5-18(22)12-20(17)23/h2-7,10-12,15H,8-9,13-14H2,1H3. The van der Waals surface area contributed by atoms with Gasteiger partial charge >= 0.3 is 0 Å². The van der Waals surface area contributed by atoms with Crippen LogP contribution in [0.1, 0.15) is 24.5 Å². The Hall–Kier alpha value is -1.49. The van der Waals surface area contributed by atoms with Gasteiger partial charge in [-0.05, 0) is 55.2 Å². The van der Waals surface area contributed by atoms with E-state index in [1.807, 2.05) is 48.6 Å². The number of benzene rings is 2. The normalized spacial score (nSPS) is 13.5. The van der Waals surface area contributed by atoms with Gasteiger partial charge in [0.25, 0.3) is 0 Å². The van der Waals surface area contributed by atoms with Crippen LogP contribution in [0.2, 0.25) is 10.0 Å². The van der Waals surface area contributed by atoms with Crippen molar-refractivity contribution in [3.8, 4) is 0 Å². The molecule has 1 aromatic heterocycles. The van der Waals surface area contributed by atoms with Gasteiger partial charge in [-0.25, -0.2) is 9.37 Å². The Morgan fingerprint density at radius 2 is 1.93 bits per heavy atom. The lowest BCUT2D eigenvalue weighted by Gasteiger charge is -2.30. The predicted octanol–water partition coefficient (Wildman–Crippen LogP) is 6.65. The molecule has 142 valence electrons. The lowest BCUT2D eigenvalue weighted by Crippen LogP contribution is -2.27. The van der Waals surface area contributed by atoms with Crippen molar-refractivity contribution >= 4 is 35.0 Å². The number of aryl methyl sites for hydroxylation is 1. The Labute approximate surface area is 173 Å². The summed E-state index contributed by atoms with van der Waals surface area (Å²) in [7, 11) is 0. The Balaban J connectivity index is 1.71. The Kier molecular flexibility index (Phi) is 6.85. The first-order valence-electron chi connectivity index (χ1n) is 8.72. The van der Waals surface area contributed by atoms with Crippen molar-refractivity contribution in [1.29, 1.82) is 0 Å². The summed E-state index contributed by atoms with van der Waals surface area (Å²) in [6.45, 7) is 3.09. The lowest BCUT2D eigenvalue weighted by atomic mass is 10.00. The third-order valence-corrected chi connectivity index (χ3v) is 6.60. The quantitative estimate of drug-likeness (QED) is 0.404. The number of hydrogen-bond donors (Lipinski definition) is 0. The fraction of sp³-hybridized carbons (Fsp3) is 0.286. The van der Waals surface area contributed by atoms with Crippen molar-refractivity contribution in [2.24, 2.45) is 0 Å². The molecule has 3 aromatic rings. The molecule has 1 heterocycles. The molecule has 2 nitrogen and oxygen atoms in total. The van der Waals surface area contributed by atoms with Crippen molar-refractivity contribution in [3.63, 3.8) is 0 Å². The molecule has 3 rings (SSSR count). The first-order chi connectivity index (χ1) is 12.9. The minimum absolute atomic E-state index is 0.0297. The van der Waals surface area contributed by atoms with Crippen molar-refractivity contribution < 1.29 is 4.39 Å². The molecule has 0 amide bonds. The summed E-state index contributed by atoms with van der Waals surface area (Å²) in [5.41, 5.74) is 2.21. The first kappa shape index (κ1) is 20.2. The molecule has 0 N–H and O–H groups in total. The number of hydrogen-bond acceptors (Lipinski definition) is 2. The van der Waals surface area contributed by atoms with Gasteiger partial charge < -0.3 is 4.57 Å². The maximum Gasteiger partial charge on any atom is 0.123 e. The molecule has 0 spiro atoms. The molecule has 2 aromatic carbocycles. The van der Waals surface area contributed by atoms with E-state index >= 15 is 0 Å². The van der Waals surface area contributed by atoms with E-state index in [-0.39, 0.29) is 10.6 Å². The van der Waals surface area contributed by atoms with E-state index in [2.05, 4.69) is 16.5 Å². The van der Waals surface area contributed by atoms with E-state index in [0.717, 1.165) is 36.3 Å². The molecule has 0 aliphatic carbocycles. The summed E-state index contributed by atoms with van der Waals surface area (Å²) in [5, 5.41) is 1.34.